The molecule has 1 heterocycles. The van der Waals surface area contributed by atoms with E-state index >= 15 is 0 Å². The molecule has 0 aromatic carbocycles. The molecule has 94 valence electrons. The zero-order valence-electron chi connectivity index (χ0n) is 10.2. The van der Waals surface area contributed by atoms with Crippen LogP contribution in [0.2, 0.25) is 0 Å². The van der Waals surface area contributed by atoms with Crippen molar-refractivity contribution in [2.75, 3.05) is 13.2 Å². The summed E-state index contributed by atoms with van der Waals surface area (Å²) < 4.78 is 2.03. The lowest BCUT2D eigenvalue weighted by molar-refractivity contribution is 0.266. The Balaban J connectivity index is 2.03. The van der Waals surface area contributed by atoms with Gasteiger partial charge < -0.3 is 10.8 Å². The van der Waals surface area contributed by atoms with Crippen LogP contribution in [0.1, 0.15) is 54.5 Å². The highest BCUT2D eigenvalue weighted by atomic mass is 16.3. The molecule has 1 atom stereocenters. The van der Waals surface area contributed by atoms with Crippen LogP contribution in [0.4, 0.5) is 0 Å². The van der Waals surface area contributed by atoms with E-state index in [1.165, 1.54) is 42.6 Å². The Kier molecular flexibility index (Phi) is 2.92. The van der Waals surface area contributed by atoms with E-state index in [4.69, 9.17) is 15.9 Å². The van der Waals surface area contributed by atoms with Crippen LogP contribution in [0.15, 0.2) is 0 Å². The summed E-state index contributed by atoms with van der Waals surface area (Å²) in [4.78, 5) is 0. The number of aromatic nitrogens is 2. The van der Waals surface area contributed by atoms with Gasteiger partial charge in [-0.2, -0.15) is 5.10 Å². The molecule has 3 N–H and O–H groups in total. The molecule has 0 saturated heterocycles. The molecule has 1 aromatic rings. The average Bonchev–Trinajstić information content (AvgIpc) is 3.13. The predicted molar refractivity (Wildman–Crippen MR) is 66.0 cm³/mol. The van der Waals surface area contributed by atoms with Crippen LogP contribution < -0.4 is 5.73 Å². The second kappa shape index (κ2) is 4.42. The van der Waals surface area contributed by atoms with Gasteiger partial charge in [0.15, 0.2) is 0 Å². The van der Waals surface area contributed by atoms with Gasteiger partial charge in [0.05, 0.1) is 18.8 Å². The molecule has 1 unspecified atom stereocenters. The van der Waals surface area contributed by atoms with Gasteiger partial charge in [0, 0.05) is 17.2 Å². The van der Waals surface area contributed by atoms with E-state index < -0.39 is 0 Å². The average molecular weight is 235 g/mol. The number of hydrogen-bond acceptors (Lipinski definition) is 3. The fourth-order valence-electron chi connectivity index (χ4n) is 3.07. The van der Waals surface area contributed by atoms with Gasteiger partial charge in [-0.1, -0.05) is 0 Å². The van der Waals surface area contributed by atoms with Crippen molar-refractivity contribution in [3.05, 3.63) is 17.0 Å². The standard InChI is InChI=1S/C13H21N3O/c14-8-10-2-1-3-11-12(10)13(9-4-5-9)15-16(11)6-7-17/h9-10,17H,1-8,14H2. The van der Waals surface area contributed by atoms with Crippen molar-refractivity contribution in [2.45, 2.75) is 50.5 Å². The van der Waals surface area contributed by atoms with E-state index in [0.717, 1.165) is 13.0 Å². The molecule has 2 aliphatic carbocycles. The SMILES string of the molecule is NCC1CCCc2c1c(C1CC1)nn2CCO. The highest BCUT2D eigenvalue weighted by Gasteiger charge is 2.35. The van der Waals surface area contributed by atoms with E-state index in [-0.39, 0.29) is 6.61 Å². The van der Waals surface area contributed by atoms with Crippen molar-refractivity contribution in [1.29, 1.82) is 0 Å². The lowest BCUT2D eigenvalue weighted by atomic mass is 9.84. The molecule has 3 rings (SSSR count). The summed E-state index contributed by atoms with van der Waals surface area (Å²) in [7, 11) is 0. The smallest absolute Gasteiger partial charge is 0.0693 e. The Labute approximate surface area is 102 Å². The van der Waals surface area contributed by atoms with Gasteiger partial charge in [-0.3, -0.25) is 4.68 Å². The molecule has 0 bridgehead atoms. The first-order chi connectivity index (χ1) is 8.35. The molecule has 0 spiro atoms. The van der Waals surface area contributed by atoms with Crippen molar-refractivity contribution in [3.8, 4) is 0 Å². The second-order valence-electron chi connectivity index (χ2n) is 5.29. The van der Waals surface area contributed by atoms with E-state index in [9.17, 15) is 0 Å². The van der Waals surface area contributed by atoms with Crippen molar-refractivity contribution < 1.29 is 5.11 Å². The maximum absolute atomic E-state index is 9.12. The van der Waals surface area contributed by atoms with Gasteiger partial charge in [-0.25, -0.2) is 0 Å². The minimum absolute atomic E-state index is 0.172. The largest absolute Gasteiger partial charge is 0.394 e. The molecule has 2 aliphatic rings. The van der Waals surface area contributed by atoms with Crippen molar-refractivity contribution in [3.63, 3.8) is 0 Å². The number of rotatable bonds is 4. The zero-order valence-corrected chi connectivity index (χ0v) is 10.2. The fraction of sp³-hybridized carbons (Fsp3) is 0.769. The van der Waals surface area contributed by atoms with Crippen molar-refractivity contribution in [1.82, 2.24) is 9.78 Å². The first-order valence-electron chi connectivity index (χ1n) is 6.75. The van der Waals surface area contributed by atoms with Gasteiger partial charge in [-0.05, 0) is 44.6 Å². The van der Waals surface area contributed by atoms with Gasteiger partial charge in [0.1, 0.15) is 0 Å². The minimum atomic E-state index is 0.172. The van der Waals surface area contributed by atoms with E-state index in [1.807, 2.05) is 4.68 Å². The Hall–Kier alpha value is -0.870. The molecule has 0 amide bonds. The molecular weight excluding hydrogens is 214 g/mol. The predicted octanol–water partition coefficient (Wildman–Crippen LogP) is 1.13. The van der Waals surface area contributed by atoms with Crippen LogP contribution in [-0.2, 0) is 13.0 Å². The maximum Gasteiger partial charge on any atom is 0.0693 e. The minimum Gasteiger partial charge on any atom is -0.394 e. The van der Waals surface area contributed by atoms with Crippen molar-refractivity contribution >= 4 is 0 Å². The normalized spacial score (nSPS) is 23.8. The van der Waals surface area contributed by atoms with Crippen LogP contribution in [0.25, 0.3) is 0 Å². The quantitative estimate of drug-likeness (QED) is 0.822. The molecule has 4 nitrogen and oxygen atoms in total. The number of hydrogen-bond donors (Lipinski definition) is 2. The van der Waals surface area contributed by atoms with E-state index in [2.05, 4.69) is 0 Å². The summed E-state index contributed by atoms with van der Waals surface area (Å²) in [5, 5.41) is 13.9. The molecule has 4 heteroatoms. The third kappa shape index (κ3) is 1.89. The zero-order chi connectivity index (χ0) is 11.8. The summed E-state index contributed by atoms with van der Waals surface area (Å²) in [6.07, 6.45) is 6.06. The fourth-order valence-corrected chi connectivity index (χ4v) is 3.07. The molecule has 1 saturated carbocycles. The molecule has 0 aliphatic heterocycles. The lowest BCUT2D eigenvalue weighted by Gasteiger charge is -2.22. The monoisotopic (exact) mass is 235 g/mol. The Morgan fingerprint density at radius 2 is 2.18 bits per heavy atom. The van der Waals surface area contributed by atoms with Crippen LogP contribution in [0, 0.1) is 0 Å². The number of nitrogens with zero attached hydrogens (tertiary/aromatic N) is 2. The molecular formula is C13H21N3O. The highest BCUT2D eigenvalue weighted by Crippen LogP contribution is 2.45. The topological polar surface area (TPSA) is 64.1 Å². The Morgan fingerprint density at radius 1 is 1.35 bits per heavy atom. The summed E-state index contributed by atoms with van der Waals surface area (Å²) >= 11 is 0. The number of aliphatic hydroxyl groups is 1. The first-order valence-corrected chi connectivity index (χ1v) is 6.75. The number of fused-ring (bicyclic) bond motifs is 1. The van der Waals surface area contributed by atoms with Crippen molar-refractivity contribution in [2.24, 2.45) is 5.73 Å². The highest BCUT2D eigenvalue weighted by molar-refractivity contribution is 5.37. The van der Waals surface area contributed by atoms with Crippen LogP contribution in [0.3, 0.4) is 0 Å². The summed E-state index contributed by atoms with van der Waals surface area (Å²) in [5.74, 6) is 1.18. The third-order valence-electron chi connectivity index (χ3n) is 4.06. The molecule has 1 fully saturated rings. The number of nitrogens with two attached hydrogens (primary N) is 1. The van der Waals surface area contributed by atoms with Gasteiger partial charge >= 0.3 is 0 Å². The summed E-state index contributed by atoms with van der Waals surface area (Å²) in [6, 6.07) is 0. The van der Waals surface area contributed by atoms with E-state index in [0.29, 0.717) is 18.4 Å². The van der Waals surface area contributed by atoms with Gasteiger partial charge in [-0.15, -0.1) is 0 Å². The van der Waals surface area contributed by atoms with E-state index in [1.54, 1.807) is 0 Å². The second-order valence-corrected chi connectivity index (χ2v) is 5.29. The lowest BCUT2D eigenvalue weighted by Crippen LogP contribution is -2.20. The molecule has 17 heavy (non-hydrogen) atoms. The third-order valence-corrected chi connectivity index (χ3v) is 4.06. The summed E-state index contributed by atoms with van der Waals surface area (Å²) in [6.45, 7) is 1.54. The first kappa shape index (κ1) is 11.2. The van der Waals surface area contributed by atoms with Crippen LogP contribution >= 0.6 is 0 Å². The Bertz CT molecular complexity index is 409. The van der Waals surface area contributed by atoms with Crippen LogP contribution in [0.5, 0.6) is 0 Å². The Morgan fingerprint density at radius 3 is 2.82 bits per heavy atom. The van der Waals surface area contributed by atoms with Gasteiger partial charge in [0.25, 0.3) is 0 Å². The molecule has 0 radical (unpaired) electrons. The van der Waals surface area contributed by atoms with Gasteiger partial charge in [0.2, 0.25) is 0 Å². The maximum atomic E-state index is 9.12. The molecule has 1 aromatic heterocycles. The summed E-state index contributed by atoms with van der Waals surface area (Å²) in [5.41, 5.74) is 9.99. The number of aliphatic hydroxyl groups excluding tert-OH is 1. The van der Waals surface area contributed by atoms with Crippen LogP contribution in [-0.4, -0.2) is 28.0 Å².